The summed E-state index contributed by atoms with van der Waals surface area (Å²) in [5, 5.41) is 0. The Bertz CT molecular complexity index is 1310. The van der Waals surface area contributed by atoms with Gasteiger partial charge < -0.3 is 9.47 Å². The van der Waals surface area contributed by atoms with Crippen molar-refractivity contribution in [2.45, 2.75) is 94.7 Å². The van der Waals surface area contributed by atoms with E-state index in [1.165, 1.54) is 38.4 Å². The number of terminal acetylenes is 1. The van der Waals surface area contributed by atoms with Crippen molar-refractivity contribution in [1.29, 1.82) is 0 Å². The fourth-order valence-electron chi connectivity index (χ4n) is 5.64. The van der Waals surface area contributed by atoms with E-state index in [1.54, 1.807) is 11.3 Å². The maximum absolute atomic E-state index is 12.5. The Kier molecular flexibility index (Phi) is 11.8. The lowest BCUT2D eigenvalue weighted by Gasteiger charge is -2.34. The fraction of sp³-hybridized carbons (Fsp3) is 0.548. The minimum atomic E-state index is -1.40. The lowest BCUT2D eigenvalue weighted by molar-refractivity contribution is -0.149. The molecule has 4 rings (SSSR count). The van der Waals surface area contributed by atoms with Gasteiger partial charge in [-0.25, -0.2) is 0 Å². The van der Waals surface area contributed by atoms with Crippen molar-refractivity contribution >= 4 is 74.5 Å². The van der Waals surface area contributed by atoms with Crippen LogP contribution in [0, 0.1) is 23.8 Å². The van der Waals surface area contributed by atoms with E-state index in [9.17, 15) is 9.59 Å². The third kappa shape index (κ3) is 7.52. The number of halogens is 2. The van der Waals surface area contributed by atoms with Crippen LogP contribution < -0.4 is 0 Å². The first-order valence-electron chi connectivity index (χ1n) is 13.7. The first kappa shape index (κ1) is 33.1. The van der Waals surface area contributed by atoms with Gasteiger partial charge in [-0.3, -0.25) is 9.59 Å². The number of carbonyl (C=O) groups excluding carboxylic acids is 2. The number of ether oxygens (including phenoxy) is 2. The average molecular weight is 727 g/mol. The Balaban J connectivity index is 0.000000225. The van der Waals surface area contributed by atoms with Gasteiger partial charge in [0, 0.05) is 0 Å². The van der Waals surface area contributed by atoms with Crippen molar-refractivity contribution < 1.29 is 19.1 Å². The standard InChI is InChI=1S/C17H23BrO2SSi.C14H15BrO2S/c1-20-16(19)17(9-6-5-7-10-17)14-12-13(21-15(14)18)8-11-22(2,3)4;1-3-10-9-11(12(15)18-10)14(13(16)17-2)7-5-4-6-8-14/h12H,5-7,9-10H2,1-4H3;1,9H,4-8H2,2H3. The van der Waals surface area contributed by atoms with E-state index in [1.807, 2.05) is 6.07 Å². The van der Waals surface area contributed by atoms with Crippen LogP contribution in [0.15, 0.2) is 19.7 Å². The molecule has 2 heterocycles. The maximum Gasteiger partial charge on any atom is 0.316 e. The van der Waals surface area contributed by atoms with E-state index in [2.05, 4.69) is 75.0 Å². The van der Waals surface area contributed by atoms with Gasteiger partial charge in [0.1, 0.15) is 8.07 Å². The quantitative estimate of drug-likeness (QED) is 0.179. The summed E-state index contributed by atoms with van der Waals surface area (Å²) in [5.74, 6) is 5.71. The number of hydrogen-bond acceptors (Lipinski definition) is 6. The molecule has 0 radical (unpaired) electrons. The summed E-state index contributed by atoms with van der Waals surface area (Å²) in [5.41, 5.74) is 4.49. The van der Waals surface area contributed by atoms with Gasteiger partial charge in [0.05, 0.1) is 42.4 Å². The Morgan fingerprint density at radius 2 is 1.20 bits per heavy atom. The molecule has 0 amide bonds. The fourth-order valence-corrected chi connectivity index (χ4v) is 9.90. The summed E-state index contributed by atoms with van der Waals surface area (Å²) in [7, 11) is 1.55. The second-order valence-electron chi connectivity index (χ2n) is 11.5. The molecular formula is C31H38Br2O4S2Si. The third-order valence-corrected chi connectivity index (χ3v) is 12.1. The molecule has 0 spiro atoms. The Morgan fingerprint density at radius 3 is 1.55 bits per heavy atom. The van der Waals surface area contributed by atoms with E-state index in [0.29, 0.717) is 0 Å². The number of esters is 2. The molecule has 2 saturated carbocycles. The molecule has 216 valence electrons. The van der Waals surface area contributed by atoms with Gasteiger partial charge in [0.15, 0.2) is 0 Å². The van der Waals surface area contributed by atoms with E-state index < -0.39 is 18.9 Å². The second kappa shape index (κ2) is 14.2. The monoisotopic (exact) mass is 724 g/mol. The summed E-state index contributed by atoms with van der Waals surface area (Å²) in [6, 6.07) is 4.06. The zero-order valence-electron chi connectivity index (χ0n) is 24.0. The first-order chi connectivity index (χ1) is 18.9. The molecule has 0 N–H and O–H groups in total. The van der Waals surface area contributed by atoms with Crippen LogP contribution >= 0.6 is 54.5 Å². The average Bonchev–Trinajstić information content (AvgIpc) is 3.53. The first-order valence-corrected chi connectivity index (χ1v) is 20.4. The van der Waals surface area contributed by atoms with Crippen molar-refractivity contribution in [3.63, 3.8) is 0 Å². The SMILES string of the molecule is C#Cc1cc(C2(C(=O)OC)CCCCC2)c(Br)s1.COC(=O)C1(c2cc(C#C[Si](C)(C)C)sc2Br)CCCCC1. The summed E-state index contributed by atoms with van der Waals surface area (Å²) < 4.78 is 12.2. The molecule has 2 aromatic rings. The molecule has 0 bridgehead atoms. The van der Waals surface area contributed by atoms with Crippen molar-refractivity contribution in [2.24, 2.45) is 0 Å². The number of hydrogen-bond donors (Lipinski definition) is 0. The molecule has 4 nitrogen and oxygen atoms in total. The van der Waals surface area contributed by atoms with Gasteiger partial charge in [-0.1, -0.05) is 70.0 Å². The van der Waals surface area contributed by atoms with Gasteiger partial charge in [-0.05, 0) is 80.8 Å². The Labute approximate surface area is 265 Å². The Hall–Kier alpha value is -1.36. The lowest BCUT2D eigenvalue weighted by Crippen LogP contribution is -2.38. The van der Waals surface area contributed by atoms with Gasteiger partial charge in [-0.15, -0.1) is 34.6 Å². The summed E-state index contributed by atoms with van der Waals surface area (Å²) >= 11 is 10.3. The predicted octanol–water partition coefficient (Wildman–Crippen LogP) is 8.98. The van der Waals surface area contributed by atoms with Crippen LogP contribution in [-0.2, 0) is 29.9 Å². The largest absolute Gasteiger partial charge is 0.468 e. The van der Waals surface area contributed by atoms with Crippen molar-refractivity contribution in [3.8, 4) is 23.8 Å². The zero-order valence-corrected chi connectivity index (χ0v) is 29.8. The lowest BCUT2D eigenvalue weighted by atomic mass is 9.70. The van der Waals surface area contributed by atoms with Gasteiger partial charge in [0.2, 0.25) is 0 Å². The number of rotatable bonds is 4. The molecule has 0 aromatic carbocycles. The molecule has 40 heavy (non-hydrogen) atoms. The minimum absolute atomic E-state index is 0.101. The molecule has 0 aliphatic heterocycles. The van der Waals surface area contributed by atoms with Crippen LogP contribution in [0.5, 0.6) is 0 Å². The number of methoxy groups -OCH3 is 2. The number of thiophene rings is 2. The van der Waals surface area contributed by atoms with E-state index in [0.717, 1.165) is 79.8 Å². The predicted molar refractivity (Wildman–Crippen MR) is 176 cm³/mol. The van der Waals surface area contributed by atoms with E-state index in [-0.39, 0.29) is 11.9 Å². The van der Waals surface area contributed by atoms with Crippen LogP contribution in [0.4, 0.5) is 0 Å². The van der Waals surface area contributed by atoms with Crippen molar-refractivity contribution in [2.75, 3.05) is 14.2 Å². The molecule has 0 atom stereocenters. The van der Waals surface area contributed by atoms with E-state index >= 15 is 0 Å². The highest BCUT2D eigenvalue weighted by Crippen LogP contribution is 2.47. The van der Waals surface area contributed by atoms with Gasteiger partial charge in [-0.2, -0.15) is 0 Å². The van der Waals surface area contributed by atoms with E-state index in [4.69, 9.17) is 15.9 Å². The summed E-state index contributed by atoms with van der Waals surface area (Å²) in [6.07, 6.45) is 15.5. The van der Waals surface area contributed by atoms with Crippen molar-refractivity contribution in [1.82, 2.24) is 0 Å². The molecular weight excluding hydrogens is 688 g/mol. The van der Waals surface area contributed by atoms with Gasteiger partial charge >= 0.3 is 11.9 Å². The highest BCUT2D eigenvalue weighted by molar-refractivity contribution is 9.11. The molecule has 2 aliphatic rings. The molecule has 9 heteroatoms. The highest BCUT2D eigenvalue weighted by atomic mass is 79.9. The van der Waals surface area contributed by atoms with Crippen LogP contribution in [0.3, 0.4) is 0 Å². The molecule has 0 unspecified atom stereocenters. The summed E-state index contributed by atoms with van der Waals surface area (Å²) in [6.45, 7) is 6.71. The zero-order chi connectivity index (χ0) is 29.6. The smallest absolute Gasteiger partial charge is 0.316 e. The second-order valence-corrected chi connectivity index (χ2v) is 21.0. The Morgan fingerprint density at radius 1 is 0.800 bits per heavy atom. The van der Waals surface area contributed by atoms with Crippen LogP contribution in [0.2, 0.25) is 19.6 Å². The molecule has 2 fully saturated rings. The van der Waals surface area contributed by atoms with Crippen LogP contribution in [0.25, 0.3) is 0 Å². The van der Waals surface area contributed by atoms with Crippen LogP contribution in [0.1, 0.15) is 85.1 Å². The maximum atomic E-state index is 12.5. The van der Waals surface area contributed by atoms with Crippen molar-refractivity contribution in [3.05, 3.63) is 40.6 Å². The molecule has 2 aromatic heterocycles. The molecule has 0 saturated heterocycles. The van der Waals surface area contributed by atoms with Crippen LogP contribution in [-0.4, -0.2) is 34.2 Å². The normalized spacial score (nSPS) is 17.8. The minimum Gasteiger partial charge on any atom is -0.468 e. The van der Waals surface area contributed by atoms with Gasteiger partial charge in [0.25, 0.3) is 0 Å². The highest BCUT2D eigenvalue weighted by Gasteiger charge is 2.45. The topological polar surface area (TPSA) is 52.6 Å². The number of carbonyl (C=O) groups is 2. The third-order valence-electron chi connectivity index (χ3n) is 7.67. The molecule has 2 aliphatic carbocycles. The summed E-state index contributed by atoms with van der Waals surface area (Å²) in [4.78, 5) is 26.6.